The van der Waals surface area contributed by atoms with E-state index in [9.17, 15) is 33.8 Å². The van der Waals surface area contributed by atoms with Crippen LogP contribution in [-0.2, 0) is 0 Å². The highest BCUT2D eigenvalue weighted by atomic mass is 35.5. The van der Waals surface area contributed by atoms with Gasteiger partial charge in [0.15, 0.2) is 5.78 Å². The Morgan fingerprint density at radius 1 is 0.833 bits per heavy atom. The van der Waals surface area contributed by atoms with Crippen molar-refractivity contribution in [2.75, 3.05) is 0 Å². The largest absolute Gasteiger partial charge is 0.307 e. The third-order valence-corrected chi connectivity index (χ3v) is 3.36. The zero-order chi connectivity index (χ0) is 18.2. The fourth-order valence-electron chi connectivity index (χ4n) is 1.89. The number of carbonyl (C=O) groups excluding carboxylic acids is 1. The van der Waals surface area contributed by atoms with Gasteiger partial charge in [0.1, 0.15) is 0 Å². The number of rotatable bonds is 4. The normalized spacial score (nSPS) is 10.5. The molecule has 0 aliphatic rings. The second-order valence-corrected chi connectivity index (χ2v) is 5.29. The van der Waals surface area contributed by atoms with E-state index in [2.05, 4.69) is 0 Å². The van der Waals surface area contributed by atoms with E-state index in [1.54, 1.807) is 0 Å². The zero-order valence-corrected chi connectivity index (χ0v) is 12.8. The van der Waals surface area contributed by atoms with Gasteiger partial charge in [-0.1, -0.05) is 23.2 Å². The van der Waals surface area contributed by atoms with Gasteiger partial charge in [0, 0.05) is 22.2 Å². The Labute approximate surface area is 141 Å². The van der Waals surface area contributed by atoms with Crippen LogP contribution in [0.5, 0.6) is 0 Å². The quantitative estimate of drug-likeness (QED) is 0.449. The van der Waals surface area contributed by atoms with Crippen molar-refractivity contribution in [1.29, 1.82) is 0 Å². The van der Waals surface area contributed by atoms with Gasteiger partial charge in [0.2, 0.25) is 11.6 Å². The first-order valence-electron chi connectivity index (χ1n) is 5.95. The van der Waals surface area contributed by atoms with Crippen LogP contribution in [0.1, 0.15) is 15.9 Å². The fraction of sp³-hybridized carbons (Fsp3) is 0. The number of hydrogen-bond acceptors (Lipinski definition) is 5. The van der Waals surface area contributed by atoms with Crippen molar-refractivity contribution in [3.63, 3.8) is 0 Å². The minimum atomic E-state index is -1.54. The van der Waals surface area contributed by atoms with E-state index >= 15 is 0 Å². The maximum Gasteiger partial charge on any atom is 0.307 e. The maximum atomic E-state index is 14.1. The lowest BCUT2D eigenvalue weighted by Crippen LogP contribution is -2.10. The standard InChI is InChI=1S/C13H4Cl2F2N2O5/c14-5-1-7(11(16)9(3-5)18(21)22)13(20)8-2-6(15)4-10(12(8)17)19(23)24/h1-4H. The summed E-state index contributed by atoms with van der Waals surface area (Å²) in [5, 5.41) is 20.8. The number of halogens is 4. The molecule has 2 aromatic carbocycles. The van der Waals surface area contributed by atoms with Gasteiger partial charge in [0.05, 0.1) is 21.0 Å². The molecule has 24 heavy (non-hydrogen) atoms. The number of benzene rings is 2. The van der Waals surface area contributed by atoms with Crippen LogP contribution in [0.4, 0.5) is 20.2 Å². The molecule has 0 aliphatic heterocycles. The number of nitro benzene ring substituents is 2. The molecular weight excluding hydrogens is 373 g/mol. The van der Waals surface area contributed by atoms with Gasteiger partial charge < -0.3 is 0 Å². The summed E-state index contributed by atoms with van der Waals surface area (Å²) >= 11 is 11.2. The summed E-state index contributed by atoms with van der Waals surface area (Å²) in [7, 11) is 0. The van der Waals surface area contributed by atoms with Gasteiger partial charge in [-0.15, -0.1) is 0 Å². The van der Waals surface area contributed by atoms with Crippen LogP contribution in [0, 0.1) is 31.9 Å². The van der Waals surface area contributed by atoms with Crippen LogP contribution >= 0.6 is 23.2 Å². The van der Waals surface area contributed by atoms with E-state index in [1.165, 1.54) is 0 Å². The molecule has 0 aliphatic carbocycles. The van der Waals surface area contributed by atoms with Gasteiger partial charge in [-0.2, -0.15) is 8.78 Å². The van der Waals surface area contributed by atoms with Crippen LogP contribution < -0.4 is 0 Å². The molecule has 2 rings (SSSR count). The average Bonchev–Trinajstić information content (AvgIpc) is 2.49. The highest BCUT2D eigenvalue weighted by Gasteiger charge is 2.29. The van der Waals surface area contributed by atoms with E-state index in [0.29, 0.717) is 12.1 Å². The fourth-order valence-corrected chi connectivity index (χ4v) is 2.32. The van der Waals surface area contributed by atoms with Crippen molar-refractivity contribution in [3.05, 3.63) is 77.3 Å². The smallest absolute Gasteiger partial charge is 0.288 e. The highest BCUT2D eigenvalue weighted by molar-refractivity contribution is 6.32. The molecule has 0 radical (unpaired) electrons. The predicted octanol–water partition coefficient (Wildman–Crippen LogP) is 4.32. The lowest BCUT2D eigenvalue weighted by molar-refractivity contribution is -0.387. The van der Waals surface area contributed by atoms with Crippen molar-refractivity contribution in [3.8, 4) is 0 Å². The molecule has 11 heteroatoms. The monoisotopic (exact) mass is 376 g/mol. The molecule has 2 aromatic rings. The first-order chi connectivity index (χ1) is 11.1. The first-order valence-corrected chi connectivity index (χ1v) is 6.70. The lowest BCUT2D eigenvalue weighted by Gasteiger charge is -2.06. The van der Waals surface area contributed by atoms with Crippen LogP contribution in [0.25, 0.3) is 0 Å². The number of ketones is 1. The molecule has 0 heterocycles. The molecule has 7 nitrogen and oxygen atoms in total. The van der Waals surface area contributed by atoms with Crippen molar-refractivity contribution < 1.29 is 23.4 Å². The van der Waals surface area contributed by atoms with Gasteiger partial charge in [-0.25, -0.2) is 0 Å². The Morgan fingerprint density at radius 3 is 1.46 bits per heavy atom. The van der Waals surface area contributed by atoms with Crippen LogP contribution in [0.3, 0.4) is 0 Å². The van der Waals surface area contributed by atoms with Crippen LogP contribution in [0.15, 0.2) is 24.3 Å². The Kier molecular flexibility index (Phi) is 4.76. The van der Waals surface area contributed by atoms with Crippen molar-refractivity contribution >= 4 is 40.4 Å². The van der Waals surface area contributed by atoms with Gasteiger partial charge >= 0.3 is 11.4 Å². The Hall–Kier alpha value is -2.65. The summed E-state index contributed by atoms with van der Waals surface area (Å²) < 4.78 is 28.2. The third kappa shape index (κ3) is 3.17. The second kappa shape index (κ2) is 6.46. The molecule has 124 valence electrons. The molecule has 0 fully saturated rings. The van der Waals surface area contributed by atoms with Crippen LogP contribution in [0.2, 0.25) is 10.0 Å². The Morgan fingerprint density at radius 2 is 1.17 bits per heavy atom. The minimum absolute atomic E-state index is 0.344. The molecular formula is C13H4Cl2F2N2O5. The van der Waals surface area contributed by atoms with Gasteiger partial charge in [-0.05, 0) is 12.1 Å². The molecule has 0 unspecified atom stereocenters. The summed E-state index contributed by atoms with van der Waals surface area (Å²) in [6.07, 6.45) is 0. The van der Waals surface area contributed by atoms with Crippen molar-refractivity contribution in [2.24, 2.45) is 0 Å². The van der Waals surface area contributed by atoms with E-state index in [0.717, 1.165) is 12.1 Å². The van der Waals surface area contributed by atoms with Gasteiger partial charge in [-0.3, -0.25) is 25.0 Å². The molecule has 0 spiro atoms. The number of hydrogen-bond donors (Lipinski definition) is 0. The topological polar surface area (TPSA) is 103 Å². The van der Waals surface area contributed by atoms with E-state index in [-0.39, 0.29) is 10.0 Å². The number of nitro groups is 2. The van der Waals surface area contributed by atoms with E-state index in [1.807, 2.05) is 0 Å². The summed E-state index contributed by atoms with van der Waals surface area (Å²) in [4.78, 5) is 31.6. The SMILES string of the molecule is O=C(c1cc(Cl)cc([N+](=O)[O-])c1F)c1cc(Cl)cc([N+](=O)[O-])c1F. The Bertz CT molecular complexity index is 833. The second-order valence-electron chi connectivity index (χ2n) is 4.42. The molecule has 0 bridgehead atoms. The molecule has 0 atom stereocenters. The summed E-state index contributed by atoms with van der Waals surface area (Å²) in [6.45, 7) is 0. The lowest BCUT2D eigenvalue weighted by atomic mass is 10.0. The van der Waals surface area contributed by atoms with Crippen molar-refractivity contribution in [1.82, 2.24) is 0 Å². The summed E-state index contributed by atoms with van der Waals surface area (Å²) in [6, 6.07) is 2.84. The molecule has 0 amide bonds. The summed E-state index contributed by atoms with van der Waals surface area (Å²) in [5.74, 6) is -4.46. The first kappa shape index (κ1) is 17.7. The van der Waals surface area contributed by atoms with Gasteiger partial charge in [0.25, 0.3) is 0 Å². The maximum absolute atomic E-state index is 14.1. The summed E-state index contributed by atoms with van der Waals surface area (Å²) in [5.41, 5.74) is -4.01. The predicted molar refractivity (Wildman–Crippen MR) is 79.6 cm³/mol. The Balaban J connectivity index is 2.71. The zero-order valence-electron chi connectivity index (χ0n) is 11.3. The van der Waals surface area contributed by atoms with E-state index in [4.69, 9.17) is 23.2 Å². The van der Waals surface area contributed by atoms with Crippen LogP contribution in [-0.4, -0.2) is 15.6 Å². The highest BCUT2D eigenvalue weighted by Crippen LogP contribution is 2.31. The third-order valence-electron chi connectivity index (χ3n) is 2.92. The number of nitrogens with zero attached hydrogens (tertiary/aromatic N) is 2. The molecule has 0 N–H and O–H groups in total. The van der Waals surface area contributed by atoms with Crippen molar-refractivity contribution in [2.45, 2.75) is 0 Å². The number of carbonyl (C=O) groups is 1. The minimum Gasteiger partial charge on any atom is -0.288 e. The molecule has 0 aromatic heterocycles. The molecule has 0 saturated heterocycles. The van der Waals surface area contributed by atoms with E-state index < -0.39 is 49.8 Å². The molecule has 0 saturated carbocycles. The average molecular weight is 377 g/mol.